The Morgan fingerprint density at radius 1 is 0.946 bits per heavy atom. The highest BCUT2D eigenvalue weighted by atomic mass is 19.1. The van der Waals surface area contributed by atoms with E-state index < -0.39 is 17.8 Å². The van der Waals surface area contributed by atoms with E-state index in [2.05, 4.69) is 15.6 Å². The number of para-hydroxylation sites is 1. The van der Waals surface area contributed by atoms with Gasteiger partial charge in [-0.25, -0.2) is 9.07 Å². The van der Waals surface area contributed by atoms with Gasteiger partial charge in [-0.2, -0.15) is 0 Å². The predicted octanol–water partition coefficient (Wildman–Crippen LogP) is 4.25. The number of rotatable bonds is 9. The summed E-state index contributed by atoms with van der Waals surface area (Å²) in [6.07, 6.45) is 1.52. The number of amides is 2. The standard InChI is InChI=1S/C28H24FN5O3/c29-22-14-12-21(13-15-22)27(28(36)30-17-23-9-6-16-37-23)33(18-20-7-2-1-3-8-20)26(35)19-34-25-11-5-4-10-24(25)31-32-34/h1-16,27H,17-19H2,(H,30,36)/t27-/m0/s1. The zero-order chi connectivity index (χ0) is 25.6. The normalized spacial score (nSPS) is 11.8. The van der Waals surface area contributed by atoms with Gasteiger partial charge in [0, 0.05) is 6.54 Å². The summed E-state index contributed by atoms with van der Waals surface area (Å²) in [5.74, 6) is -0.632. The first-order valence-electron chi connectivity index (χ1n) is 11.8. The lowest BCUT2D eigenvalue weighted by molar-refractivity contribution is -0.142. The number of fused-ring (bicyclic) bond motifs is 1. The lowest BCUT2D eigenvalue weighted by atomic mass is 10.0. The molecule has 0 bridgehead atoms. The summed E-state index contributed by atoms with van der Waals surface area (Å²) in [7, 11) is 0. The van der Waals surface area contributed by atoms with Gasteiger partial charge in [0.25, 0.3) is 0 Å². The number of aromatic nitrogens is 3. The smallest absolute Gasteiger partial charge is 0.247 e. The largest absolute Gasteiger partial charge is 0.467 e. The van der Waals surface area contributed by atoms with Crippen LogP contribution < -0.4 is 5.32 Å². The highest BCUT2D eigenvalue weighted by Crippen LogP contribution is 2.25. The minimum Gasteiger partial charge on any atom is -0.467 e. The van der Waals surface area contributed by atoms with Crippen LogP contribution in [0.2, 0.25) is 0 Å². The van der Waals surface area contributed by atoms with Gasteiger partial charge in [-0.3, -0.25) is 9.59 Å². The molecular formula is C28H24FN5O3. The molecule has 9 heteroatoms. The van der Waals surface area contributed by atoms with Crippen LogP contribution >= 0.6 is 0 Å². The molecule has 5 rings (SSSR count). The maximum atomic E-state index is 13.8. The van der Waals surface area contributed by atoms with Crippen LogP contribution in [0.3, 0.4) is 0 Å². The second-order valence-electron chi connectivity index (χ2n) is 8.49. The van der Waals surface area contributed by atoms with E-state index in [4.69, 9.17) is 4.42 Å². The average Bonchev–Trinajstić information content (AvgIpc) is 3.59. The van der Waals surface area contributed by atoms with Crippen LogP contribution in [0.4, 0.5) is 4.39 Å². The van der Waals surface area contributed by atoms with Gasteiger partial charge in [-0.05, 0) is 47.5 Å². The molecule has 5 aromatic rings. The fraction of sp³-hybridized carbons (Fsp3) is 0.143. The molecule has 3 aromatic carbocycles. The maximum absolute atomic E-state index is 13.8. The van der Waals surface area contributed by atoms with Crippen LogP contribution in [0.1, 0.15) is 22.9 Å². The van der Waals surface area contributed by atoms with Gasteiger partial charge in [-0.1, -0.05) is 59.8 Å². The zero-order valence-corrected chi connectivity index (χ0v) is 19.8. The van der Waals surface area contributed by atoms with Crippen molar-refractivity contribution in [3.05, 3.63) is 120 Å². The van der Waals surface area contributed by atoms with Crippen molar-refractivity contribution in [1.29, 1.82) is 0 Å². The van der Waals surface area contributed by atoms with Crippen molar-refractivity contribution in [2.45, 2.75) is 25.7 Å². The van der Waals surface area contributed by atoms with Gasteiger partial charge in [-0.15, -0.1) is 5.10 Å². The number of furan rings is 1. The van der Waals surface area contributed by atoms with E-state index in [9.17, 15) is 14.0 Å². The Bertz CT molecular complexity index is 1480. The number of carbonyl (C=O) groups excluding carboxylic acids is 2. The van der Waals surface area contributed by atoms with Gasteiger partial charge in [0.2, 0.25) is 11.8 Å². The van der Waals surface area contributed by atoms with E-state index in [0.717, 1.165) is 5.56 Å². The van der Waals surface area contributed by atoms with Crippen LogP contribution in [0.5, 0.6) is 0 Å². The van der Waals surface area contributed by atoms with Crippen molar-refractivity contribution < 1.29 is 18.4 Å². The number of nitrogens with one attached hydrogen (secondary N) is 1. The van der Waals surface area contributed by atoms with Gasteiger partial charge in [0.15, 0.2) is 0 Å². The third-order valence-corrected chi connectivity index (χ3v) is 5.98. The van der Waals surface area contributed by atoms with Crippen molar-refractivity contribution in [3.8, 4) is 0 Å². The first-order valence-corrected chi connectivity index (χ1v) is 11.8. The average molecular weight is 498 g/mol. The summed E-state index contributed by atoms with van der Waals surface area (Å²) >= 11 is 0. The van der Waals surface area contributed by atoms with Crippen LogP contribution in [0.25, 0.3) is 11.0 Å². The Balaban J connectivity index is 1.50. The molecule has 0 fully saturated rings. The van der Waals surface area contributed by atoms with Crippen LogP contribution in [0, 0.1) is 5.82 Å². The van der Waals surface area contributed by atoms with E-state index in [1.54, 1.807) is 12.1 Å². The van der Waals surface area contributed by atoms with Gasteiger partial charge in [0.05, 0.1) is 18.3 Å². The number of benzene rings is 3. The number of nitrogens with zero attached hydrogens (tertiary/aromatic N) is 4. The third kappa shape index (κ3) is 5.56. The van der Waals surface area contributed by atoms with E-state index in [1.165, 1.54) is 40.1 Å². The Morgan fingerprint density at radius 2 is 1.70 bits per heavy atom. The van der Waals surface area contributed by atoms with Crippen LogP contribution in [-0.4, -0.2) is 31.7 Å². The first-order chi connectivity index (χ1) is 18.1. The number of hydrogen-bond donors (Lipinski definition) is 1. The molecule has 0 spiro atoms. The summed E-state index contributed by atoms with van der Waals surface area (Å²) in [5, 5.41) is 11.1. The minimum atomic E-state index is -1.03. The molecule has 2 aromatic heterocycles. The minimum absolute atomic E-state index is 0.128. The number of carbonyl (C=O) groups is 2. The summed E-state index contributed by atoms with van der Waals surface area (Å²) in [5.41, 5.74) is 2.68. The lowest BCUT2D eigenvalue weighted by Crippen LogP contribution is -2.44. The summed E-state index contributed by atoms with van der Waals surface area (Å²) in [4.78, 5) is 28.9. The van der Waals surface area contributed by atoms with Gasteiger partial charge < -0.3 is 14.6 Å². The SMILES string of the molecule is O=C(NCc1ccco1)[C@H](c1ccc(F)cc1)N(Cc1ccccc1)C(=O)Cn1nnc2ccccc21. The fourth-order valence-electron chi connectivity index (χ4n) is 4.16. The molecule has 1 atom stereocenters. The molecule has 2 amide bonds. The third-order valence-electron chi connectivity index (χ3n) is 5.98. The van der Waals surface area contributed by atoms with E-state index in [1.807, 2.05) is 54.6 Å². The molecule has 0 unspecified atom stereocenters. The molecule has 0 saturated carbocycles. The second kappa shape index (κ2) is 10.9. The molecule has 0 aliphatic heterocycles. The van der Waals surface area contributed by atoms with Crippen molar-refractivity contribution in [1.82, 2.24) is 25.2 Å². The van der Waals surface area contributed by atoms with Crippen LogP contribution in [0.15, 0.2) is 102 Å². The quantitative estimate of drug-likeness (QED) is 0.329. The fourth-order valence-corrected chi connectivity index (χ4v) is 4.16. The highest BCUT2D eigenvalue weighted by molar-refractivity contribution is 5.89. The second-order valence-corrected chi connectivity index (χ2v) is 8.49. The lowest BCUT2D eigenvalue weighted by Gasteiger charge is -2.31. The highest BCUT2D eigenvalue weighted by Gasteiger charge is 2.32. The summed E-state index contributed by atoms with van der Waals surface area (Å²) in [6, 6.07) is 24.7. The molecule has 1 N–H and O–H groups in total. The van der Waals surface area contributed by atoms with E-state index in [-0.39, 0.29) is 25.5 Å². The van der Waals surface area contributed by atoms with Crippen molar-refractivity contribution in [3.63, 3.8) is 0 Å². The van der Waals surface area contributed by atoms with E-state index >= 15 is 0 Å². The molecule has 186 valence electrons. The molecule has 2 heterocycles. The topological polar surface area (TPSA) is 93.3 Å². The number of halogens is 1. The van der Waals surface area contributed by atoms with Crippen LogP contribution in [-0.2, 0) is 29.2 Å². The Morgan fingerprint density at radius 3 is 2.46 bits per heavy atom. The molecule has 0 saturated heterocycles. The summed E-state index contributed by atoms with van der Waals surface area (Å²) in [6.45, 7) is 0.170. The molecule has 0 aliphatic rings. The van der Waals surface area contributed by atoms with Gasteiger partial charge in [0.1, 0.15) is 29.7 Å². The zero-order valence-electron chi connectivity index (χ0n) is 19.8. The molecule has 0 radical (unpaired) electrons. The van der Waals surface area contributed by atoms with Crippen molar-refractivity contribution >= 4 is 22.8 Å². The van der Waals surface area contributed by atoms with Crippen molar-refractivity contribution in [2.24, 2.45) is 0 Å². The summed E-state index contributed by atoms with van der Waals surface area (Å²) < 4.78 is 20.6. The Hall–Kier alpha value is -4.79. The molecule has 8 nitrogen and oxygen atoms in total. The maximum Gasteiger partial charge on any atom is 0.247 e. The monoisotopic (exact) mass is 497 g/mol. The molecule has 37 heavy (non-hydrogen) atoms. The Kier molecular flexibility index (Phi) is 7.02. The first kappa shape index (κ1) is 23.9. The van der Waals surface area contributed by atoms with Gasteiger partial charge >= 0.3 is 0 Å². The van der Waals surface area contributed by atoms with E-state index in [0.29, 0.717) is 22.4 Å². The Labute approximate surface area is 212 Å². The van der Waals surface area contributed by atoms with Crippen molar-refractivity contribution in [2.75, 3.05) is 0 Å². The molecular weight excluding hydrogens is 473 g/mol. The number of hydrogen-bond acceptors (Lipinski definition) is 5. The predicted molar refractivity (Wildman–Crippen MR) is 134 cm³/mol. The molecule has 0 aliphatic carbocycles.